The minimum Gasteiger partial charge on any atom is -0.354 e. The van der Waals surface area contributed by atoms with Gasteiger partial charge in [0.05, 0.1) is 5.69 Å². The second-order valence-electron chi connectivity index (χ2n) is 7.65. The van der Waals surface area contributed by atoms with Crippen LogP contribution in [0, 0.1) is 19.8 Å². The lowest BCUT2D eigenvalue weighted by Crippen LogP contribution is -2.50. The first-order chi connectivity index (χ1) is 11.3. The van der Waals surface area contributed by atoms with Gasteiger partial charge in [0.25, 0.3) is 0 Å². The third kappa shape index (κ3) is 3.80. The molecule has 6 heteroatoms. The number of anilines is 2. The maximum Gasteiger partial charge on any atom is 0.223 e. The van der Waals surface area contributed by atoms with Crippen LogP contribution in [0.5, 0.6) is 0 Å². The maximum atomic E-state index is 4.42. The highest BCUT2D eigenvalue weighted by molar-refractivity contribution is 5.41. The molecule has 1 N–H and O–H groups in total. The second kappa shape index (κ2) is 6.34. The van der Waals surface area contributed by atoms with E-state index in [2.05, 4.69) is 63.3 Å². The van der Waals surface area contributed by atoms with Gasteiger partial charge in [0.2, 0.25) is 5.95 Å². The largest absolute Gasteiger partial charge is 0.354 e. The van der Waals surface area contributed by atoms with Crippen molar-refractivity contribution in [3.8, 4) is 0 Å². The average Bonchev–Trinajstić information content (AvgIpc) is 2.44. The molecule has 128 valence electrons. The van der Waals surface area contributed by atoms with E-state index in [1.165, 1.54) is 0 Å². The van der Waals surface area contributed by atoms with Gasteiger partial charge in [-0.2, -0.15) is 5.10 Å². The standard InChI is InChI=1S/C18H26N6/c1-12-8-13(2)21-17(20-12)19-9-14-10-24(11-14)16-7-6-15(22-23-16)18(3,4)5/h6-8,14H,9-11H2,1-5H3,(H,19,20,21). The van der Waals surface area contributed by atoms with Gasteiger partial charge in [0.1, 0.15) is 0 Å². The molecule has 1 aliphatic heterocycles. The zero-order chi connectivity index (χ0) is 17.3. The first-order valence-electron chi connectivity index (χ1n) is 8.46. The van der Waals surface area contributed by atoms with Crippen LogP contribution in [-0.2, 0) is 5.41 Å². The van der Waals surface area contributed by atoms with Crippen LogP contribution < -0.4 is 10.2 Å². The first-order valence-corrected chi connectivity index (χ1v) is 8.46. The van der Waals surface area contributed by atoms with Crippen molar-refractivity contribution in [1.82, 2.24) is 20.2 Å². The Balaban J connectivity index is 1.50. The van der Waals surface area contributed by atoms with Gasteiger partial charge in [0.15, 0.2) is 5.82 Å². The van der Waals surface area contributed by atoms with Crippen molar-refractivity contribution in [3.63, 3.8) is 0 Å². The van der Waals surface area contributed by atoms with Crippen LogP contribution in [0.3, 0.4) is 0 Å². The topological polar surface area (TPSA) is 66.8 Å². The fourth-order valence-corrected chi connectivity index (χ4v) is 2.82. The minimum atomic E-state index is 0.0406. The quantitative estimate of drug-likeness (QED) is 0.932. The number of rotatable bonds is 4. The molecule has 2 aromatic heterocycles. The fourth-order valence-electron chi connectivity index (χ4n) is 2.82. The van der Waals surface area contributed by atoms with Gasteiger partial charge in [-0.3, -0.25) is 0 Å². The van der Waals surface area contributed by atoms with Gasteiger partial charge in [-0.15, -0.1) is 5.10 Å². The van der Waals surface area contributed by atoms with Gasteiger partial charge < -0.3 is 10.2 Å². The van der Waals surface area contributed by atoms with Gasteiger partial charge >= 0.3 is 0 Å². The Kier molecular flexibility index (Phi) is 4.39. The van der Waals surface area contributed by atoms with Crippen LogP contribution in [0.25, 0.3) is 0 Å². The molecule has 1 aliphatic rings. The lowest BCUT2D eigenvalue weighted by molar-refractivity contribution is 0.423. The predicted molar refractivity (Wildman–Crippen MR) is 96.4 cm³/mol. The Hall–Kier alpha value is -2.24. The summed E-state index contributed by atoms with van der Waals surface area (Å²) in [5, 5.41) is 12.1. The van der Waals surface area contributed by atoms with E-state index in [1.807, 2.05) is 19.9 Å². The molecular formula is C18H26N6. The highest BCUT2D eigenvalue weighted by atomic mass is 15.3. The monoisotopic (exact) mass is 326 g/mol. The molecule has 1 fully saturated rings. The first kappa shape index (κ1) is 16.6. The normalized spacial score (nSPS) is 15.3. The van der Waals surface area contributed by atoms with Crippen molar-refractivity contribution in [2.75, 3.05) is 29.9 Å². The molecule has 0 aromatic carbocycles. The Labute approximate surface area is 143 Å². The molecule has 0 aliphatic carbocycles. The van der Waals surface area contributed by atoms with Crippen LogP contribution in [0.1, 0.15) is 37.9 Å². The third-order valence-electron chi connectivity index (χ3n) is 4.23. The minimum absolute atomic E-state index is 0.0406. The maximum absolute atomic E-state index is 4.42. The molecule has 0 unspecified atom stereocenters. The van der Waals surface area contributed by atoms with Crippen LogP contribution in [-0.4, -0.2) is 39.8 Å². The summed E-state index contributed by atoms with van der Waals surface area (Å²) >= 11 is 0. The molecule has 0 radical (unpaired) electrons. The fraction of sp³-hybridized carbons (Fsp3) is 0.556. The summed E-state index contributed by atoms with van der Waals surface area (Å²) in [5.41, 5.74) is 3.06. The van der Waals surface area contributed by atoms with Crippen molar-refractivity contribution in [2.45, 2.75) is 40.0 Å². The summed E-state index contributed by atoms with van der Waals surface area (Å²) in [6, 6.07) is 6.14. The van der Waals surface area contributed by atoms with Crippen molar-refractivity contribution >= 4 is 11.8 Å². The van der Waals surface area contributed by atoms with E-state index in [-0.39, 0.29) is 5.41 Å². The second-order valence-corrected chi connectivity index (χ2v) is 7.65. The summed E-state index contributed by atoms with van der Waals surface area (Å²) in [4.78, 5) is 11.1. The zero-order valence-corrected chi connectivity index (χ0v) is 15.2. The summed E-state index contributed by atoms with van der Waals surface area (Å²) < 4.78 is 0. The van der Waals surface area contributed by atoms with Gasteiger partial charge in [-0.25, -0.2) is 9.97 Å². The number of nitrogens with zero attached hydrogens (tertiary/aromatic N) is 5. The highest BCUT2D eigenvalue weighted by Crippen LogP contribution is 2.25. The van der Waals surface area contributed by atoms with Crippen LogP contribution in [0.2, 0.25) is 0 Å². The molecule has 0 spiro atoms. The number of aryl methyl sites for hydroxylation is 2. The molecule has 0 bridgehead atoms. The molecule has 0 amide bonds. The van der Waals surface area contributed by atoms with E-state index in [0.717, 1.165) is 48.5 Å². The van der Waals surface area contributed by atoms with E-state index in [1.54, 1.807) is 0 Å². The predicted octanol–water partition coefficient (Wildman–Crippen LogP) is 2.73. The molecule has 3 rings (SSSR count). The molecule has 6 nitrogen and oxygen atoms in total. The molecule has 1 saturated heterocycles. The number of hydrogen-bond acceptors (Lipinski definition) is 6. The Morgan fingerprint density at radius 3 is 2.29 bits per heavy atom. The number of nitrogens with one attached hydrogen (secondary N) is 1. The molecule has 2 aromatic rings. The van der Waals surface area contributed by atoms with Crippen molar-refractivity contribution in [2.24, 2.45) is 5.92 Å². The smallest absolute Gasteiger partial charge is 0.223 e. The third-order valence-corrected chi connectivity index (χ3v) is 4.23. The van der Waals surface area contributed by atoms with Crippen LogP contribution in [0.15, 0.2) is 18.2 Å². The van der Waals surface area contributed by atoms with E-state index in [0.29, 0.717) is 5.92 Å². The summed E-state index contributed by atoms with van der Waals surface area (Å²) in [6.45, 7) is 13.3. The van der Waals surface area contributed by atoms with Crippen LogP contribution in [0.4, 0.5) is 11.8 Å². The van der Waals surface area contributed by atoms with Crippen molar-refractivity contribution in [1.29, 1.82) is 0 Å². The van der Waals surface area contributed by atoms with Crippen molar-refractivity contribution in [3.05, 3.63) is 35.3 Å². The zero-order valence-electron chi connectivity index (χ0n) is 15.2. The lowest BCUT2D eigenvalue weighted by Gasteiger charge is -2.40. The summed E-state index contributed by atoms with van der Waals surface area (Å²) in [5.74, 6) is 2.26. The van der Waals surface area contributed by atoms with Gasteiger partial charge in [-0.05, 0) is 32.0 Å². The van der Waals surface area contributed by atoms with E-state index in [9.17, 15) is 0 Å². The van der Waals surface area contributed by atoms with E-state index < -0.39 is 0 Å². The van der Waals surface area contributed by atoms with E-state index >= 15 is 0 Å². The van der Waals surface area contributed by atoms with Gasteiger partial charge in [-0.1, -0.05) is 20.8 Å². The summed E-state index contributed by atoms with van der Waals surface area (Å²) in [6.07, 6.45) is 0. The van der Waals surface area contributed by atoms with Gasteiger partial charge in [0, 0.05) is 42.4 Å². The number of hydrogen-bond donors (Lipinski definition) is 1. The molecule has 0 saturated carbocycles. The van der Waals surface area contributed by atoms with E-state index in [4.69, 9.17) is 0 Å². The average molecular weight is 326 g/mol. The van der Waals surface area contributed by atoms with Crippen LogP contribution >= 0.6 is 0 Å². The summed E-state index contributed by atoms with van der Waals surface area (Å²) in [7, 11) is 0. The molecule has 3 heterocycles. The SMILES string of the molecule is Cc1cc(C)nc(NCC2CN(c3ccc(C(C)(C)C)nn3)C2)n1. The molecular weight excluding hydrogens is 300 g/mol. The Morgan fingerprint density at radius 2 is 1.75 bits per heavy atom. The number of aromatic nitrogens is 4. The Morgan fingerprint density at radius 1 is 1.08 bits per heavy atom. The lowest BCUT2D eigenvalue weighted by atomic mass is 9.92. The molecule has 24 heavy (non-hydrogen) atoms. The highest BCUT2D eigenvalue weighted by Gasteiger charge is 2.28. The Bertz CT molecular complexity index is 678. The molecule has 0 atom stereocenters. The van der Waals surface area contributed by atoms with Crippen molar-refractivity contribution < 1.29 is 0 Å².